The molecule has 0 bridgehead atoms. The molecular formula is C15H20BrF2NO. The van der Waals surface area contributed by atoms with Crippen LogP contribution in [0.25, 0.3) is 0 Å². The van der Waals surface area contributed by atoms with Crippen LogP contribution in [0.2, 0.25) is 0 Å². The van der Waals surface area contributed by atoms with Crippen LogP contribution in [0.15, 0.2) is 16.6 Å². The van der Waals surface area contributed by atoms with E-state index < -0.39 is 11.6 Å². The van der Waals surface area contributed by atoms with Crippen LogP contribution in [0, 0.1) is 17.6 Å². The Morgan fingerprint density at radius 3 is 2.60 bits per heavy atom. The molecule has 1 N–H and O–H groups in total. The summed E-state index contributed by atoms with van der Waals surface area (Å²) in [5, 5.41) is 3.43. The predicted molar refractivity (Wildman–Crippen MR) is 79.0 cm³/mol. The number of nitrogens with one attached hydrogen (secondary N) is 1. The average molecular weight is 348 g/mol. The second-order valence-corrected chi connectivity index (χ2v) is 6.31. The fraction of sp³-hybridized carbons (Fsp3) is 0.600. The predicted octanol–water partition coefficient (Wildman–Crippen LogP) is 4.27. The van der Waals surface area contributed by atoms with Gasteiger partial charge in [0.15, 0.2) is 11.6 Å². The quantitative estimate of drug-likeness (QED) is 0.803. The van der Waals surface area contributed by atoms with Crippen molar-refractivity contribution in [2.45, 2.75) is 38.6 Å². The third-order valence-electron chi connectivity index (χ3n) is 3.76. The largest absolute Gasteiger partial charge is 0.488 e. The van der Waals surface area contributed by atoms with Crippen molar-refractivity contribution in [1.82, 2.24) is 5.32 Å². The van der Waals surface area contributed by atoms with Gasteiger partial charge >= 0.3 is 0 Å². The molecule has 5 heteroatoms. The highest BCUT2D eigenvalue weighted by Gasteiger charge is 2.17. The summed E-state index contributed by atoms with van der Waals surface area (Å²) in [7, 11) is 0. The summed E-state index contributed by atoms with van der Waals surface area (Å²) in [6.45, 7) is 3.32. The van der Waals surface area contributed by atoms with Crippen molar-refractivity contribution in [1.29, 1.82) is 0 Å². The van der Waals surface area contributed by atoms with Crippen LogP contribution < -0.4 is 10.1 Å². The van der Waals surface area contributed by atoms with E-state index in [1.165, 1.54) is 31.7 Å². The number of ether oxygens (including phenoxy) is 1. The molecule has 0 spiro atoms. The third-order valence-corrected chi connectivity index (χ3v) is 4.35. The van der Waals surface area contributed by atoms with Gasteiger partial charge in [0, 0.05) is 18.7 Å². The first-order valence-corrected chi connectivity index (χ1v) is 7.86. The maximum Gasteiger partial charge on any atom is 0.169 e. The van der Waals surface area contributed by atoms with Crippen molar-refractivity contribution < 1.29 is 13.5 Å². The topological polar surface area (TPSA) is 21.3 Å². The van der Waals surface area contributed by atoms with E-state index in [1.54, 1.807) is 0 Å². The molecule has 0 amide bonds. The highest BCUT2D eigenvalue weighted by atomic mass is 79.9. The van der Waals surface area contributed by atoms with Gasteiger partial charge in [-0.3, -0.25) is 0 Å². The highest BCUT2D eigenvalue weighted by Crippen LogP contribution is 2.29. The van der Waals surface area contributed by atoms with E-state index in [0.29, 0.717) is 23.7 Å². The Balaban J connectivity index is 1.74. The smallest absolute Gasteiger partial charge is 0.169 e. The molecule has 1 aliphatic rings. The van der Waals surface area contributed by atoms with Crippen LogP contribution >= 0.6 is 15.9 Å². The van der Waals surface area contributed by atoms with E-state index in [-0.39, 0.29) is 5.75 Å². The number of hydrogen-bond donors (Lipinski definition) is 1. The Morgan fingerprint density at radius 2 is 1.95 bits per heavy atom. The van der Waals surface area contributed by atoms with E-state index in [9.17, 15) is 8.78 Å². The Hall–Kier alpha value is -0.680. The summed E-state index contributed by atoms with van der Waals surface area (Å²) < 4.78 is 32.1. The second-order valence-electron chi connectivity index (χ2n) is 5.46. The van der Waals surface area contributed by atoms with E-state index in [2.05, 4.69) is 28.2 Å². The van der Waals surface area contributed by atoms with Gasteiger partial charge in [-0.2, -0.15) is 0 Å². The van der Waals surface area contributed by atoms with Crippen LogP contribution in [0.4, 0.5) is 8.78 Å². The first kappa shape index (κ1) is 15.7. The molecule has 0 unspecified atom stereocenters. The average Bonchev–Trinajstić information content (AvgIpc) is 2.39. The van der Waals surface area contributed by atoms with Gasteiger partial charge < -0.3 is 10.1 Å². The van der Waals surface area contributed by atoms with Crippen molar-refractivity contribution in [2.75, 3.05) is 13.2 Å². The number of benzene rings is 1. The first-order valence-electron chi connectivity index (χ1n) is 7.07. The fourth-order valence-electron chi connectivity index (χ4n) is 2.55. The fourth-order valence-corrected chi connectivity index (χ4v) is 3.07. The summed E-state index contributed by atoms with van der Waals surface area (Å²) >= 11 is 3.11. The molecule has 0 radical (unpaired) electrons. The molecule has 2 nitrogen and oxygen atoms in total. The number of rotatable bonds is 5. The van der Waals surface area contributed by atoms with Gasteiger partial charge in [-0.05, 0) is 53.6 Å². The van der Waals surface area contributed by atoms with Crippen molar-refractivity contribution in [3.63, 3.8) is 0 Å². The zero-order valence-electron chi connectivity index (χ0n) is 11.6. The Morgan fingerprint density at radius 1 is 1.25 bits per heavy atom. The summed E-state index contributed by atoms with van der Waals surface area (Å²) in [6, 6.07) is 2.57. The molecule has 0 aromatic heterocycles. The van der Waals surface area contributed by atoms with Gasteiger partial charge in [0.25, 0.3) is 0 Å². The number of halogens is 3. The Labute approximate surface area is 127 Å². The molecule has 112 valence electrons. The molecule has 1 aromatic carbocycles. The van der Waals surface area contributed by atoms with Crippen LogP contribution in [0.5, 0.6) is 5.75 Å². The lowest BCUT2D eigenvalue weighted by Gasteiger charge is -2.27. The SMILES string of the molecule is CC1CCC(NCCOc2c(F)cc(F)cc2Br)CC1. The molecular weight excluding hydrogens is 328 g/mol. The van der Waals surface area contributed by atoms with Gasteiger partial charge in [-0.1, -0.05) is 6.92 Å². The second kappa shape index (κ2) is 7.36. The highest BCUT2D eigenvalue weighted by molar-refractivity contribution is 9.10. The maximum absolute atomic E-state index is 13.5. The molecule has 2 rings (SSSR count). The molecule has 0 heterocycles. The van der Waals surface area contributed by atoms with Crippen molar-refractivity contribution in [3.05, 3.63) is 28.2 Å². The maximum atomic E-state index is 13.5. The molecule has 20 heavy (non-hydrogen) atoms. The lowest BCUT2D eigenvalue weighted by atomic mass is 9.87. The molecule has 1 saturated carbocycles. The lowest BCUT2D eigenvalue weighted by Crippen LogP contribution is -2.35. The molecule has 1 fully saturated rings. The minimum absolute atomic E-state index is 0.0745. The molecule has 0 aliphatic heterocycles. The first-order chi connectivity index (χ1) is 9.56. The van der Waals surface area contributed by atoms with Crippen LogP contribution in [-0.4, -0.2) is 19.2 Å². The Bertz CT molecular complexity index is 424. The third kappa shape index (κ3) is 4.42. The monoisotopic (exact) mass is 347 g/mol. The lowest BCUT2D eigenvalue weighted by molar-refractivity contribution is 0.262. The standard InChI is InChI=1S/C15H20BrF2NO/c1-10-2-4-12(5-3-10)19-6-7-20-15-13(16)8-11(17)9-14(15)18/h8-10,12,19H,2-7H2,1H3. The van der Waals surface area contributed by atoms with Crippen LogP contribution in [0.1, 0.15) is 32.6 Å². The molecule has 0 saturated heterocycles. The summed E-state index contributed by atoms with van der Waals surface area (Å²) in [6.07, 6.45) is 4.90. The van der Waals surface area contributed by atoms with Crippen molar-refractivity contribution in [3.8, 4) is 5.75 Å². The molecule has 0 atom stereocenters. The molecule has 1 aliphatic carbocycles. The van der Waals surface area contributed by atoms with Gasteiger partial charge in [0.1, 0.15) is 12.4 Å². The van der Waals surface area contributed by atoms with Gasteiger partial charge in [-0.15, -0.1) is 0 Å². The van der Waals surface area contributed by atoms with Crippen molar-refractivity contribution >= 4 is 15.9 Å². The van der Waals surface area contributed by atoms with Crippen molar-refractivity contribution in [2.24, 2.45) is 5.92 Å². The number of hydrogen-bond acceptors (Lipinski definition) is 2. The minimum atomic E-state index is -0.677. The van der Waals surface area contributed by atoms with E-state index in [1.807, 2.05) is 0 Å². The van der Waals surface area contributed by atoms with E-state index in [4.69, 9.17) is 4.74 Å². The summed E-state index contributed by atoms with van der Waals surface area (Å²) in [5.74, 6) is -0.390. The minimum Gasteiger partial charge on any atom is -0.488 e. The molecule has 1 aromatic rings. The summed E-state index contributed by atoms with van der Waals surface area (Å²) in [4.78, 5) is 0. The zero-order chi connectivity index (χ0) is 14.5. The van der Waals surface area contributed by atoms with Crippen LogP contribution in [-0.2, 0) is 0 Å². The van der Waals surface area contributed by atoms with Crippen LogP contribution in [0.3, 0.4) is 0 Å². The summed E-state index contributed by atoms with van der Waals surface area (Å²) in [5.41, 5.74) is 0. The van der Waals surface area contributed by atoms with Gasteiger partial charge in [-0.25, -0.2) is 8.78 Å². The van der Waals surface area contributed by atoms with E-state index >= 15 is 0 Å². The zero-order valence-corrected chi connectivity index (χ0v) is 13.2. The normalized spacial score (nSPS) is 22.8. The van der Waals surface area contributed by atoms with Gasteiger partial charge in [0.05, 0.1) is 4.47 Å². The van der Waals surface area contributed by atoms with E-state index in [0.717, 1.165) is 12.0 Å². The Kier molecular flexibility index (Phi) is 5.78. The van der Waals surface area contributed by atoms with Gasteiger partial charge in [0.2, 0.25) is 0 Å².